The fourth-order valence-electron chi connectivity index (χ4n) is 2.10. The van der Waals surface area contributed by atoms with Crippen LogP contribution in [0.15, 0.2) is 22.5 Å². The maximum absolute atomic E-state index is 12.6. The topological polar surface area (TPSA) is 120 Å². The Labute approximate surface area is 155 Å². The van der Waals surface area contributed by atoms with Gasteiger partial charge in [0.1, 0.15) is 11.5 Å². The second-order valence-corrected chi connectivity index (χ2v) is 8.09. The van der Waals surface area contributed by atoms with E-state index in [0.717, 1.165) is 11.3 Å². The van der Waals surface area contributed by atoms with Gasteiger partial charge in [-0.2, -0.15) is 0 Å². The van der Waals surface area contributed by atoms with Crippen LogP contribution >= 0.6 is 11.3 Å². The van der Waals surface area contributed by atoms with Gasteiger partial charge in [-0.25, -0.2) is 13.1 Å². The van der Waals surface area contributed by atoms with Crippen molar-refractivity contribution in [3.8, 4) is 11.5 Å². The minimum absolute atomic E-state index is 0.129. The molecule has 2 rings (SSSR count). The number of hydrogen-bond acceptors (Lipinski definition) is 8. The van der Waals surface area contributed by atoms with Gasteiger partial charge in [-0.3, -0.25) is 4.79 Å². The summed E-state index contributed by atoms with van der Waals surface area (Å²) in [5.41, 5.74) is 0.611. The number of anilines is 1. The molecule has 9 nitrogen and oxygen atoms in total. The van der Waals surface area contributed by atoms with Crippen LogP contribution in [0, 0.1) is 0 Å². The first-order chi connectivity index (χ1) is 12.3. The lowest BCUT2D eigenvalue weighted by Gasteiger charge is -2.17. The lowest BCUT2D eigenvalue weighted by molar-refractivity contribution is -0.115. The fraction of sp³-hybridized carbons (Fsp3) is 0.400. The smallest absolute Gasteiger partial charge is 0.270 e. The first-order valence-corrected chi connectivity index (χ1v) is 9.98. The van der Waals surface area contributed by atoms with Gasteiger partial charge in [0.05, 0.1) is 14.2 Å². The average Bonchev–Trinajstić information content (AvgIpc) is 3.10. The summed E-state index contributed by atoms with van der Waals surface area (Å²) in [6.45, 7) is 3.36. The largest absolute Gasteiger partial charge is 0.497 e. The quantitative estimate of drug-likeness (QED) is 0.650. The van der Waals surface area contributed by atoms with Crippen LogP contribution in [-0.2, 0) is 14.8 Å². The molecule has 11 heteroatoms. The van der Waals surface area contributed by atoms with Crippen molar-refractivity contribution in [1.82, 2.24) is 14.9 Å². The Morgan fingerprint density at radius 2 is 2.00 bits per heavy atom. The summed E-state index contributed by atoms with van der Waals surface area (Å²) in [5, 5.41) is 9.94. The molecule has 1 heterocycles. The van der Waals surface area contributed by atoms with Crippen LogP contribution in [0.2, 0.25) is 0 Å². The molecule has 0 radical (unpaired) electrons. The minimum atomic E-state index is -3.93. The van der Waals surface area contributed by atoms with E-state index in [2.05, 4.69) is 20.2 Å². The molecule has 1 amide bonds. The zero-order valence-electron chi connectivity index (χ0n) is 14.8. The second-order valence-electron chi connectivity index (χ2n) is 5.23. The third-order valence-electron chi connectivity index (χ3n) is 3.44. The lowest BCUT2D eigenvalue weighted by Crippen LogP contribution is -2.27. The number of carbonyl (C=O) groups excluding carboxylic acids is 1. The van der Waals surface area contributed by atoms with Crippen molar-refractivity contribution in [2.24, 2.45) is 0 Å². The molecule has 2 aromatic rings. The SMILES string of the molecule is CCC(=O)Nc1nnc(S(=O)(=O)NC(C)c2cc(OC)ccc2OC)s1. The van der Waals surface area contributed by atoms with E-state index in [1.807, 2.05) is 0 Å². The van der Waals surface area contributed by atoms with E-state index < -0.39 is 16.1 Å². The molecule has 0 fully saturated rings. The number of sulfonamides is 1. The van der Waals surface area contributed by atoms with Gasteiger partial charge < -0.3 is 14.8 Å². The molecule has 2 N–H and O–H groups in total. The summed E-state index contributed by atoms with van der Waals surface area (Å²) in [6.07, 6.45) is 0.257. The van der Waals surface area contributed by atoms with Crippen LogP contribution in [0.5, 0.6) is 11.5 Å². The Morgan fingerprint density at radius 1 is 1.27 bits per heavy atom. The molecule has 0 saturated heterocycles. The van der Waals surface area contributed by atoms with Gasteiger partial charge in [0, 0.05) is 18.0 Å². The van der Waals surface area contributed by atoms with Crippen LogP contribution < -0.4 is 19.5 Å². The molecule has 0 spiro atoms. The number of nitrogens with zero attached hydrogens (tertiary/aromatic N) is 2. The molecule has 1 unspecified atom stereocenters. The summed E-state index contributed by atoms with van der Waals surface area (Å²) < 4.78 is 37.9. The van der Waals surface area contributed by atoms with E-state index in [1.54, 1.807) is 32.0 Å². The number of hydrogen-bond donors (Lipinski definition) is 2. The van der Waals surface area contributed by atoms with Gasteiger partial charge in [0.15, 0.2) is 0 Å². The normalized spacial score (nSPS) is 12.5. The predicted molar refractivity (Wildman–Crippen MR) is 97.1 cm³/mol. The Hall–Kier alpha value is -2.24. The highest BCUT2D eigenvalue weighted by atomic mass is 32.2. The number of methoxy groups -OCH3 is 2. The van der Waals surface area contributed by atoms with Crippen molar-refractivity contribution < 1.29 is 22.7 Å². The highest BCUT2D eigenvalue weighted by Gasteiger charge is 2.25. The molecule has 26 heavy (non-hydrogen) atoms. The first kappa shape index (κ1) is 20.1. The number of nitrogens with one attached hydrogen (secondary N) is 2. The van der Waals surface area contributed by atoms with Gasteiger partial charge in [-0.05, 0) is 25.1 Å². The van der Waals surface area contributed by atoms with Crippen molar-refractivity contribution in [2.75, 3.05) is 19.5 Å². The standard InChI is InChI=1S/C15H20N4O5S2/c1-5-13(20)16-14-17-18-15(25-14)26(21,22)19-9(2)11-8-10(23-3)6-7-12(11)24-4/h6-9,19H,5H2,1-4H3,(H,16,17,20). The molecule has 1 aromatic carbocycles. The van der Waals surface area contributed by atoms with Gasteiger partial charge in [-0.1, -0.05) is 18.3 Å². The molecular weight excluding hydrogens is 380 g/mol. The van der Waals surface area contributed by atoms with E-state index in [9.17, 15) is 13.2 Å². The monoisotopic (exact) mass is 400 g/mol. The summed E-state index contributed by atoms with van der Waals surface area (Å²) in [4.78, 5) is 11.4. The van der Waals surface area contributed by atoms with Crippen molar-refractivity contribution in [3.05, 3.63) is 23.8 Å². The maximum atomic E-state index is 12.6. The Morgan fingerprint density at radius 3 is 2.62 bits per heavy atom. The van der Waals surface area contributed by atoms with Gasteiger partial charge in [0.25, 0.3) is 10.0 Å². The number of amides is 1. The summed E-state index contributed by atoms with van der Waals surface area (Å²) >= 11 is 0.778. The van der Waals surface area contributed by atoms with Crippen molar-refractivity contribution >= 4 is 32.4 Å². The zero-order valence-corrected chi connectivity index (χ0v) is 16.4. The van der Waals surface area contributed by atoms with Crippen molar-refractivity contribution in [2.45, 2.75) is 30.6 Å². The molecule has 1 aromatic heterocycles. The van der Waals surface area contributed by atoms with E-state index in [1.165, 1.54) is 14.2 Å². The van der Waals surface area contributed by atoms with Crippen LogP contribution in [0.3, 0.4) is 0 Å². The third-order valence-corrected chi connectivity index (χ3v) is 6.19. The highest BCUT2D eigenvalue weighted by Crippen LogP contribution is 2.30. The highest BCUT2D eigenvalue weighted by molar-refractivity contribution is 7.91. The number of benzene rings is 1. The number of ether oxygens (including phenoxy) is 2. The molecule has 1 atom stereocenters. The molecule has 0 bridgehead atoms. The van der Waals surface area contributed by atoms with Crippen LogP contribution in [0.1, 0.15) is 31.9 Å². The second kappa shape index (κ2) is 8.43. The maximum Gasteiger partial charge on any atom is 0.270 e. The summed E-state index contributed by atoms with van der Waals surface area (Å²) in [6, 6.07) is 4.50. The van der Waals surface area contributed by atoms with Gasteiger partial charge in [0.2, 0.25) is 15.4 Å². The first-order valence-electron chi connectivity index (χ1n) is 7.68. The molecule has 142 valence electrons. The summed E-state index contributed by atoms with van der Waals surface area (Å²) in [5.74, 6) is 0.828. The molecule has 0 saturated carbocycles. The number of aromatic nitrogens is 2. The molecule has 0 aliphatic heterocycles. The average molecular weight is 400 g/mol. The van der Waals surface area contributed by atoms with Crippen molar-refractivity contribution in [3.63, 3.8) is 0 Å². The Bertz CT molecular complexity index is 882. The van der Waals surface area contributed by atoms with Crippen LogP contribution in [-0.4, -0.2) is 38.7 Å². The van der Waals surface area contributed by atoms with Crippen LogP contribution in [0.25, 0.3) is 0 Å². The van der Waals surface area contributed by atoms with E-state index >= 15 is 0 Å². The Balaban J connectivity index is 2.22. The van der Waals surface area contributed by atoms with E-state index in [-0.39, 0.29) is 21.8 Å². The summed E-state index contributed by atoms with van der Waals surface area (Å²) in [7, 11) is -0.905. The fourth-order valence-corrected chi connectivity index (χ4v) is 4.26. The van der Waals surface area contributed by atoms with Crippen LogP contribution in [0.4, 0.5) is 5.13 Å². The zero-order chi connectivity index (χ0) is 19.3. The molecule has 0 aliphatic rings. The Kier molecular flexibility index (Phi) is 6.51. The van der Waals surface area contributed by atoms with Crippen molar-refractivity contribution in [1.29, 1.82) is 0 Å². The minimum Gasteiger partial charge on any atom is -0.497 e. The van der Waals surface area contributed by atoms with Gasteiger partial charge in [-0.15, -0.1) is 10.2 Å². The molecular formula is C15H20N4O5S2. The third kappa shape index (κ3) is 4.68. The number of rotatable bonds is 8. The van der Waals surface area contributed by atoms with Gasteiger partial charge >= 0.3 is 0 Å². The lowest BCUT2D eigenvalue weighted by atomic mass is 10.1. The molecule has 0 aliphatic carbocycles. The number of carbonyl (C=O) groups is 1. The predicted octanol–water partition coefficient (Wildman–Crippen LogP) is 1.94. The van der Waals surface area contributed by atoms with E-state index in [0.29, 0.717) is 17.1 Å². The van der Waals surface area contributed by atoms with E-state index in [4.69, 9.17) is 9.47 Å².